The second kappa shape index (κ2) is 7.64. The Labute approximate surface area is 98.5 Å². The normalized spacial score (nSPS) is 23.9. The highest BCUT2D eigenvalue weighted by molar-refractivity contribution is 4.86. The SMILES string of the molecule is C#CCCCC(NN)C1CN(CC)CCO1. The Morgan fingerprint density at radius 3 is 3.12 bits per heavy atom. The van der Waals surface area contributed by atoms with Crippen molar-refractivity contribution in [2.45, 2.75) is 38.3 Å². The summed E-state index contributed by atoms with van der Waals surface area (Å²) in [4.78, 5) is 2.39. The maximum atomic E-state index is 5.76. The summed E-state index contributed by atoms with van der Waals surface area (Å²) >= 11 is 0. The zero-order chi connectivity index (χ0) is 11.8. The van der Waals surface area contributed by atoms with Crippen LogP contribution in [0, 0.1) is 12.3 Å². The predicted molar refractivity (Wildman–Crippen MR) is 65.6 cm³/mol. The summed E-state index contributed by atoms with van der Waals surface area (Å²) in [6, 6.07) is 0.211. The Morgan fingerprint density at radius 2 is 2.50 bits per heavy atom. The quantitative estimate of drug-likeness (QED) is 0.296. The number of rotatable bonds is 6. The molecule has 0 bridgehead atoms. The Kier molecular flexibility index (Phi) is 6.43. The first-order valence-electron chi connectivity index (χ1n) is 6.05. The molecule has 3 N–H and O–H groups in total. The third kappa shape index (κ3) is 4.11. The van der Waals surface area contributed by atoms with Gasteiger partial charge < -0.3 is 4.74 Å². The summed E-state index contributed by atoms with van der Waals surface area (Å²) < 4.78 is 5.76. The van der Waals surface area contributed by atoms with Gasteiger partial charge in [-0.2, -0.15) is 0 Å². The summed E-state index contributed by atoms with van der Waals surface area (Å²) in [5.74, 6) is 8.22. The first-order valence-corrected chi connectivity index (χ1v) is 6.05. The monoisotopic (exact) mass is 225 g/mol. The maximum absolute atomic E-state index is 5.76. The van der Waals surface area contributed by atoms with E-state index in [0.29, 0.717) is 0 Å². The molecule has 1 fully saturated rings. The van der Waals surface area contributed by atoms with Crippen molar-refractivity contribution >= 4 is 0 Å². The van der Waals surface area contributed by atoms with Crippen LogP contribution in [0.15, 0.2) is 0 Å². The minimum absolute atomic E-state index is 0.191. The fraction of sp³-hybridized carbons (Fsp3) is 0.833. The zero-order valence-electron chi connectivity index (χ0n) is 10.1. The van der Waals surface area contributed by atoms with Crippen LogP contribution < -0.4 is 11.3 Å². The number of nitrogens with one attached hydrogen (secondary N) is 1. The molecule has 92 valence electrons. The molecular formula is C12H23N3O. The second-order valence-electron chi connectivity index (χ2n) is 4.17. The van der Waals surface area contributed by atoms with Crippen molar-refractivity contribution in [2.75, 3.05) is 26.2 Å². The molecule has 0 spiro atoms. The van der Waals surface area contributed by atoms with Crippen molar-refractivity contribution in [1.29, 1.82) is 0 Å². The number of ether oxygens (including phenoxy) is 1. The van der Waals surface area contributed by atoms with Crippen LogP contribution in [0.3, 0.4) is 0 Å². The highest BCUT2D eigenvalue weighted by Gasteiger charge is 2.26. The van der Waals surface area contributed by atoms with Crippen molar-refractivity contribution in [3.8, 4) is 12.3 Å². The Balaban J connectivity index is 2.36. The average Bonchev–Trinajstić information content (AvgIpc) is 2.35. The van der Waals surface area contributed by atoms with Crippen LogP contribution in [0.2, 0.25) is 0 Å². The third-order valence-electron chi connectivity index (χ3n) is 3.12. The van der Waals surface area contributed by atoms with Gasteiger partial charge in [-0.05, 0) is 19.4 Å². The van der Waals surface area contributed by atoms with E-state index in [4.69, 9.17) is 17.0 Å². The van der Waals surface area contributed by atoms with E-state index in [1.54, 1.807) is 0 Å². The average molecular weight is 225 g/mol. The molecule has 0 aromatic rings. The molecule has 2 unspecified atom stereocenters. The van der Waals surface area contributed by atoms with Crippen LogP contribution in [-0.4, -0.2) is 43.3 Å². The number of hydrazine groups is 1. The first-order chi connectivity index (χ1) is 7.81. The molecule has 1 aliphatic rings. The molecule has 1 saturated heterocycles. The topological polar surface area (TPSA) is 50.5 Å². The lowest BCUT2D eigenvalue weighted by Crippen LogP contribution is -2.53. The minimum Gasteiger partial charge on any atom is -0.374 e. The van der Waals surface area contributed by atoms with Crippen molar-refractivity contribution in [2.24, 2.45) is 5.84 Å². The van der Waals surface area contributed by atoms with Crippen molar-refractivity contribution < 1.29 is 4.74 Å². The summed E-state index contributed by atoms with van der Waals surface area (Å²) in [7, 11) is 0. The summed E-state index contributed by atoms with van der Waals surface area (Å²) in [5.41, 5.74) is 2.86. The van der Waals surface area contributed by atoms with Gasteiger partial charge >= 0.3 is 0 Å². The highest BCUT2D eigenvalue weighted by Crippen LogP contribution is 2.12. The van der Waals surface area contributed by atoms with Crippen LogP contribution in [0.25, 0.3) is 0 Å². The smallest absolute Gasteiger partial charge is 0.0868 e. The van der Waals surface area contributed by atoms with E-state index >= 15 is 0 Å². The van der Waals surface area contributed by atoms with E-state index in [1.807, 2.05) is 0 Å². The molecule has 4 heteroatoms. The Morgan fingerprint density at radius 1 is 1.69 bits per heavy atom. The molecule has 1 heterocycles. The molecule has 0 saturated carbocycles. The number of terminal acetylenes is 1. The number of hydrogen-bond donors (Lipinski definition) is 2. The van der Waals surface area contributed by atoms with Gasteiger partial charge in [0.15, 0.2) is 0 Å². The van der Waals surface area contributed by atoms with Gasteiger partial charge in [0.2, 0.25) is 0 Å². The molecule has 0 aliphatic carbocycles. The number of morpholine rings is 1. The number of nitrogens with zero attached hydrogens (tertiary/aromatic N) is 1. The van der Waals surface area contributed by atoms with Crippen LogP contribution >= 0.6 is 0 Å². The van der Waals surface area contributed by atoms with Gasteiger partial charge in [-0.1, -0.05) is 6.92 Å². The number of nitrogens with two attached hydrogens (primary N) is 1. The van der Waals surface area contributed by atoms with Crippen LogP contribution in [0.4, 0.5) is 0 Å². The Hall–Kier alpha value is -0.600. The van der Waals surface area contributed by atoms with Gasteiger partial charge in [0.05, 0.1) is 12.7 Å². The lowest BCUT2D eigenvalue weighted by molar-refractivity contribution is -0.0464. The Bertz CT molecular complexity index is 227. The number of hydrogen-bond acceptors (Lipinski definition) is 4. The van der Waals surface area contributed by atoms with Gasteiger partial charge in [0.25, 0.3) is 0 Å². The van der Waals surface area contributed by atoms with Crippen molar-refractivity contribution in [3.05, 3.63) is 0 Å². The molecule has 0 aromatic carbocycles. The molecular weight excluding hydrogens is 202 g/mol. The lowest BCUT2D eigenvalue weighted by atomic mass is 10.0. The third-order valence-corrected chi connectivity index (χ3v) is 3.12. The van der Waals surface area contributed by atoms with Gasteiger partial charge in [-0.25, -0.2) is 0 Å². The van der Waals surface area contributed by atoms with Crippen LogP contribution in [0.5, 0.6) is 0 Å². The minimum atomic E-state index is 0.191. The molecule has 2 atom stereocenters. The zero-order valence-corrected chi connectivity index (χ0v) is 10.1. The molecule has 0 radical (unpaired) electrons. The second-order valence-corrected chi connectivity index (χ2v) is 4.17. The maximum Gasteiger partial charge on any atom is 0.0868 e. The van der Waals surface area contributed by atoms with Crippen LogP contribution in [0.1, 0.15) is 26.2 Å². The molecule has 0 aromatic heterocycles. The molecule has 0 amide bonds. The molecule has 1 aliphatic heterocycles. The van der Waals surface area contributed by atoms with E-state index in [0.717, 1.165) is 45.5 Å². The van der Waals surface area contributed by atoms with Gasteiger partial charge in [0, 0.05) is 25.6 Å². The van der Waals surface area contributed by atoms with Crippen LogP contribution in [-0.2, 0) is 4.74 Å². The van der Waals surface area contributed by atoms with E-state index in [9.17, 15) is 0 Å². The van der Waals surface area contributed by atoms with Gasteiger partial charge in [-0.15, -0.1) is 12.3 Å². The van der Waals surface area contributed by atoms with E-state index < -0.39 is 0 Å². The fourth-order valence-corrected chi connectivity index (χ4v) is 2.06. The summed E-state index contributed by atoms with van der Waals surface area (Å²) in [6.07, 6.45) is 8.21. The van der Waals surface area contributed by atoms with E-state index in [2.05, 4.69) is 23.2 Å². The summed E-state index contributed by atoms with van der Waals surface area (Å²) in [5, 5.41) is 0. The first kappa shape index (κ1) is 13.5. The number of likely N-dealkylation sites (N-methyl/N-ethyl adjacent to an activating group) is 1. The fourth-order valence-electron chi connectivity index (χ4n) is 2.06. The largest absolute Gasteiger partial charge is 0.374 e. The van der Waals surface area contributed by atoms with E-state index in [1.165, 1.54) is 0 Å². The lowest BCUT2D eigenvalue weighted by Gasteiger charge is -2.36. The molecule has 4 nitrogen and oxygen atoms in total. The summed E-state index contributed by atoms with van der Waals surface area (Å²) in [6.45, 7) is 6.02. The molecule has 16 heavy (non-hydrogen) atoms. The predicted octanol–water partition coefficient (Wildman–Crippen LogP) is 0.343. The van der Waals surface area contributed by atoms with Crippen molar-refractivity contribution in [1.82, 2.24) is 10.3 Å². The van der Waals surface area contributed by atoms with E-state index in [-0.39, 0.29) is 12.1 Å². The highest BCUT2D eigenvalue weighted by atomic mass is 16.5. The van der Waals surface area contributed by atoms with Gasteiger partial charge in [-0.3, -0.25) is 16.2 Å². The van der Waals surface area contributed by atoms with Crippen molar-refractivity contribution in [3.63, 3.8) is 0 Å². The number of unbranched alkanes of at least 4 members (excludes halogenated alkanes) is 1. The standard InChI is InChI=1S/C12H23N3O/c1-3-5-6-7-11(14-13)12-10-15(4-2)8-9-16-12/h1,11-12,14H,4-10,13H2,2H3. The molecule has 1 rings (SSSR count). The van der Waals surface area contributed by atoms with Gasteiger partial charge in [0.1, 0.15) is 0 Å².